The number of rotatable bonds is 7. The smallest absolute Gasteiger partial charge is 0.293 e. The second-order valence-electron chi connectivity index (χ2n) is 6.23. The second-order valence-corrected chi connectivity index (χ2v) is 7.72. The van der Waals surface area contributed by atoms with E-state index < -0.39 is 11.7 Å². The minimum absolute atomic E-state index is 0.0143. The number of anilines is 1. The highest BCUT2D eigenvalue weighted by Crippen LogP contribution is 2.27. The molecule has 0 aliphatic heterocycles. The largest absolute Gasteiger partial charge is 0.378 e. The van der Waals surface area contributed by atoms with Crippen molar-refractivity contribution in [1.29, 1.82) is 0 Å². The summed E-state index contributed by atoms with van der Waals surface area (Å²) in [6.45, 7) is 0. The number of amides is 1. The monoisotopic (exact) mass is 472 g/mol. The maximum absolute atomic E-state index is 13.7. The molecular weight excluding hydrogens is 459 g/mol. The van der Waals surface area contributed by atoms with E-state index in [1.54, 1.807) is 24.3 Å². The zero-order valence-electron chi connectivity index (χ0n) is 16.1. The van der Waals surface area contributed by atoms with Gasteiger partial charge in [-0.25, -0.2) is 14.4 Å². The number of nitrogens with two attached hydrogens (primary N) is 1. The predicted molar refractivity (Wildman–Crippen MR) is 116 cm³/mol. The first-order valence-corrected chi connectivity index (χ1v) is 10.4. The molecule has 0 aliphatic carbocycles. The lowest BCUT2D eigenvalue weighted by Gasteiger charge is -2.06. The first-order valence-electron chi connectivity index (χ1n) is 9.02. The Morgan fingerprint density at radius 2 is 2.03 bits per heavy atom. The third-order valence-electron chi connectivity index (χ3n) is 4.14. The summed E-state index contributed by atoms with van der Waals surface area (Å²) in [5.41, 5.74) is 8.68. The van der Waals surface area contributed by atoms with E-state index in [0.29, 0.717) is 10.7 Å². The van der Waals surface area contributed by atoms with Gasteiger partial charge >= 0.3 is 0 Å². The number of nitrogen functional groups attached to an aromatic ring is 1. The van der Waals surface area contributed by atoms with Crippen molar-refractivity contribution < 1.29 is 13.8 Å². The van der Waals surface area contributed by atoms with Crippen molar-refractivity contribution in [3.8, 4) is 5.82 Å². The van der Waals surface area contributed by atoms with Crippen molar-refractivity contribution >= 4 is 41.3 Å². The van der Waals surface area contributed by atoms with E-state index in [-0.39, 0.29) is 28.6 Å². The normalized spacial score (nSPS) is 11.2. The lowest BCUT2D eigenvalue weighted by molar-refractivity contribution is 0.0949. The fraction of sp³-hybridized carbons (Fsp3) is 0.0526. The fourth-order valence-electron chi connectivity index (χ4n) is 2.59. The summed E-state index contributed by atoms with van der Waals surface area (Å²) in [6, 6.07) is 13.2. The third kappa shape index (κ3) is 4.76. The highest BCUT2D eigenvalue weighted by atomic mass is 35.5. The van der Waals surface area contributed by atoms with Gasteiger partial charge in [0.15, 0.2) is 5.69 Å². The highest BCUT2D eigenvalue weighted by molar-refractivity contribution is 7.98. The lowest BCUT2D eigenvalue weighted by Crippen LogP contribution is -2.20. The van der Waals surface area contributed by atoms with Gasteiger partial charge in [0.05, 0.1) is 11.9 Å². The molecule has 4 rings (SSSR count). The average Bonchev–Trinajstić information content (AvgIpc) is 3.40. The number of nitrogens with zero attached hydrogens (tertiary/aromatic N) is 6. The molecule has 2 aromatic carbocycles. The maximum atomic E-state index is 13.7. The molecule has 0 saturated carbocycles. The minimum atomic E-state index is -0.648. The van der Waals surface area contributed by atoms with Gasteiger partial charge in [-0.05, 0) is 40.6 Å². The Morgan fingerprint density at radius 1 is 1.25 bits per heavy atom. The highest BCUT2D eigenvalue weighted by Gasteiger charge is 2.24. The fourth-order valence-corrected chi connectivity index (χ4v) is 3.61. The summed E-state index contributed by atoms with van der Waals surface area (Å²) >= 11 is 7.34. The number of halogens is 2. The Balaban J connectivity index is 1.58. The Labute approximate surface area is 189 Å². The van der Waals surface area contributed by atoms with Crippen LogP contribution in [-0.2, 0) is 5.75 Å². The van der Waals surface area contributed by atoms with E-state index in [1.807, 2.05) is 12.1 Å². The summed E-state index contributed by atoms with van der Waals surface area (Å²) in [6.07, 6.45) is 1.19. The van der Waals surface area contributed by atoms with E-state index in [0.717, 1.165) is 4.90 Å². The summed E-state index contributed by atoms with van der Waals surface area (Å²) < 4.78 is 19.6. The van der Waals surface area contributed by atoms with Crippen LogP contribution in [0.15, 0.2) is 63.2 Å². The van der Waals surface area contributed by atoms with Crippen molar-refractivity contribution in [2.24, 2.45) is 5.10 Å². The topological polar surface area (TPSA) is 137 Å². The molecule has 10 nitrogen and oxygen atoms in total. The second kappa shape index (κ2) is 9.58. The molecule has 0 fully saturated rings. The molecule has 32 heavy (non-hydrogen) atoms. The maximum Gasteiger partial charge on any atom is 0.293 e. The van der Waals surface area contributed by atoms with Crippen LogP contribution in [0.4, 0.5) is 10.2 Å². The number of carbonyl (C=O) groups is 1. The molecule has 0 saturated heterocycles. The van der Waals surface area contributed by atoms with Gasteiger partial charge in [-0.15, -0.1) is 16.9 Å². The zero-order valence-corrected chi connectivity index (χ0v) is 17.7. The third-order valence-corrected chi connectivity index (χ3v) is 5.41. The van der Waals surface area contributed by atoms with Crippen LogP contribution in [0.1, 0.15) is 21.7 Å². The van der Waals surface area contributed by atoms with Gasteiger partial charge in [-0.3, -0.25) is 4.79 Å². The molecule has 0 atom stereocenters. The summed E-state index contributed by atoms with van der Waals surface area (Å²) in [4.78, 5) is 13.6. The molecule has 2 heterocycles. The average molecular weight is 473 g/mol. The van der Waals surface area contributed by atoms with E-state index in [2.05, 4.69) is 35.8 Å². The molecule has 162 valence electrons. The van der Waals surface area contributed by atoms with Gasteiger partial charge in [0.25, 0.3) is 5.91 Å². The van der Waals surface area contributed by atoms with Crippen molar-refractivity contribution in [2.45, 2.75) is 10.6 Å². The van der Waals surface area contributed by atoms with Crippen LogP contribution >= 0.6 is 23.4 Å². The van der Waals surface area contributed by atoms with Crippen molar-refractivity contribution in [1.82, 2.24) is 30.7 Å². The number of thioether (sulfide) groups is 1. The lowest BCUT2D eigenvalue weighted by atomic mass is 10.2. The summed E-state index contributed by atoms with van der Waals surface area (Å²) in [7, 11) is 0. The van der Waals surface area contributed by atoms with Crippen LogP contribution in [-0.4, -0.2) is 37.4 Å². The first kappa shape index (κ1) is 21.5. The summed E-state index contributed by atoms with van der Waals surface area (Å²) in [5.74, 6) is -0.757. The zero-order chi connectivity index (χ0) is 22.5. The first-order chi connectivity index (χ1) is 15.5. The molecule has 0 aliphatic rings. The Kier molecular flexibility index (Phi) is 6.42. The van der Waals surface area contributed by atoms with E-state index in [4.69, 9.17) is 17.3 Å². The van der Waals surface area contributed by atoms with Crippen molar-refractivity contribution in [3.63, 3.8) is 0 Å². The molecule has 0 unspecified atom stereocenters. The van der Waals surface area contributed by atoms with Crippen LogP contribution in [0.25, 0.3) is 5.82 Å². The Hall–Kier alpha value is -3.77. The SMILES string of the molecule is Nc1nonc1-n1nnc(C(=O)N/N=C/c2ccccc2F)c1CSc1ccc(Cl)cc1. The van der Waals surface area contributed by atoms with Crippen LogP contribution < -0.4 is 11.2 Å². The molecule has 4 aromatic rings. The molecule has 13 heteroatoms. The molecule has 0 radical (unpaired) electrons. The number of aromatic nitrogens is 5. The van der Waals surface area contributed by atoms with Crippen LogP contribution in [0.5, 0.6) is 0 Å². The van der Waals surface area contributed by atoms with Gasteiger partial charge in [0, 0.05) is 21.2 Å². The van der Waals surface area contributed by atoms with Gasteiger partial charge < -0.3 is 5.73 Å². The molecule has 0 bridgehead atoms. The van der Waals surface area contributed by atoms with Crippen molar-refractivity contribution in [3.05, 3.63) is 76.3 Å². The molecule has 2 aromatic heterocycles. The number of carbonyl (C=O) groups excluding carboxylic acids is 1. The van der Waals surface area contributed by atoms with E-state index >= 15 is 0 Å². The van der Waals surface area contributed by atoms with Gasteiger partial charge in [-0.2, -0.15) is 9.78 Å². The number of benzene rings is 2. The van der Waals surface area contributed by atoms with Crippen LogP contribution in [0, 0.1) is 5.82 Å². The quantitative estimate of drug-likeness (QED) is 0.238. The van der Waals surface area contributed by atoms with Crippen LogP contribution in [0.2, 0.25) is 5.02 Å². The minimum Gasteiger partial charge on any atom is -0.378 e. The van der Waals surface area contributed by atoms with Gasteiger partial charge in [0.2, 0.25) is 11.6 Å². The molecule has 0 spiro atoms. The molecule has 1 amide bonds. The Morgan fingerprint density at radius 3 is 2.75 bits per heavy atom. The van der Waals surface area contributed by atoms with Gasteiger partial charge in [-0.1, -0.05) is 35.0 Å². The number of hydrogen-bond acceptors (Lipinski definition) is 9. The van der Waals surface area contributed by atoms with Gasteiger partial charge in [0.1, 0.15) is 5.82 Å². The number of hydrazone groups is 1. The van der Waals surface area contributed by atoms with Crippen LogP contribution in [0.3, 0.4) is 0 Å². The predicted octanol–water partition coefficient (Wildman–Crippen LogP) is 3.08. The van der Waals surface area contributed by atoms with E-state index in [1.165, 1.54) is 34.8 Å². The summed E-state index contributed by atoms with van der Waals surface area (Å²) in [5, 5.41) is 19.6. The van der Waals surface area contributed by atoms with Crippen molar-refractivity contribution in [2.75, 3.05) is 5.73 Å². The van der Waals surface area contributed by atoms with E-state index in [9.17, 15) is 9.18 Å². The molecule has 3 N–H and O–H groups in total. The molecular formula is C19H14ClFN8O2S. The number of nitrogens with one attached hydrogen (secondary N) is 1. The standard InChI is InChI=1S/C19H14ClFN8O2S/c20-12-5-7-13(8-6-12)32-10-15-16(24-28-29(15)18-17(22)26-31-27-18)19(30)25-23-9-11-3-1-2-4-14(11)21/h1-9H,10H2,(H2,22,26)(H,25,30)/b23-9+. The number of hydrogen-bond donors (Lipinski definition) is 2. The Bertz CT molecular complexity index is 1270.